The number of amides is 2. The second kappa shape index (κ2) is 10.6. The van der Waals surface area contributed by atoms with E-state index in [0.29, 0.717) is 34.2 Å². The van der Waals surface area contributed by atoms with Crippen molar-refractivity contribution in [3.8, 4) is 5.75 Å². The van der Waals surface area contributed by atoms with E-state index in [0.717, 1.165) is 4.90 Å². The SMILES string of the molecule is CCOC(=O)C1=C(COc2ccc(SC)cc2)N(CC)C(=O)NC1c1cccc(Cl)c1. The molecule has 164 valence electrons. The third kappa shape index (κ3) is 5.35. The van der Waals surface area contributed by atoms with E-state index in [1.165, 1.54) is 4.90 Å². The number of hydrogen-bond acceptors (Lipinski definition) is 5. The number of ether oxygens (including phenoxy) is 2. The zero-order valence-electron chi connectivity index (χ0n) is 17.7. The number of nitrogens with one attached hydrogen (secondary N) is 1. The van der Waals surface area contributed by atoms with E-state index in [2.05, 4.69) is 5.32 Å². The standard InChI is InChI=1S/C23H25ClN2O4S/c1-4-26-19(14-30-17-9-11-18(31-3)12-10-17)20(22(27)29-5-2)21(25-23(26)28)15-7-6-8-16(24)13-15/h6-13,21H,4-5,14H2,1-3H3,(H,25,28). The Hall–Kier alpha value is -2.64. The molecule has 1 unspecified atom stereocenters. The van der Waals surface area contributed by atoms with Crippen LogP contribution in [0.4, 0.5) is 4.79 Å². The molecule has 6 nitrogen and oxygen atoms in total. The summed E-state index contributed by atoms with van der Waals surface area (Å²) in [5.41, 5.74) is 1.51. The van der Waals surface area contributed by atoms with Gasteiger partial charge in [0, 0.05) is 16.5 Å². The summed E-state index contributed by atoms with van der Waals surface area (Å²) in [6, 6.07) is 13.7. The minimum atomic E-state index is -0.689. The number of esters is 1. The number of benzene rings is 2. The quantitative estimate of drug-likeness (QED) is 0.441. The smallest absolute Gasteiger partial charge is 0.338 e. The fourth-order valence-electron chi connectivity index (χ4n) is 3.40. The maximum absolute atomic E-state index is 13.0. The summed E-state index contributed by atoms with van der Waals surface area (Å²) >= 11 is 7.80. The molecule has 0 saturated heterocycles. The molecule has 2 aromatic carbocycles. The first-order chi connectivity index (χ1) is 15.0. The van der Waals surface area contributed by atoms with Crippen molar-refractivity contribution in [2.24, 2.45) is 0 Å². The van der Waals surface area contributed by atoms with Gasteiger partial charge in [-0.05, 0) is 62.1 Å². The lowest BCUT2D eigenvalue weighted by molar-refractivity contribution is -0.139. The number of urea groups is 1. The van der Waals surface area contributed by atoms with Gasteiger partial charge in [-0.3, -0.25) is 4.90 Å². The highest BCUT2D eigenvalue weighted by Crippen LogP contribution is 2.33. The fourth-order valence-corrected chi connectivity index (χ4v) is 4.01. The second-order valence-electron chi connectivity index (χ2n) is 6.73. The van der Waals surface area contributed by atoms with Gasteiger partial charge in [0.15, 0.2) is 0 Å². The minimum absolute atomic E-state index is 0.0467. The number of carbonyl (C=O) groups excluding carboxylic acids is 2. The van der Waals surface area contributed by atoms with Gasteiger partial charge in [-0.1, -0.05) is 23.7 Å². The molecule has 1 atom stereocenters. The topological polar surface area (TPSA) is 67.9 Å². The van der Waals surface area contributed by atoms with E-state index in [4.69, 9.17) is 21.1 Å². The summed E-state index contributed by atoms with van der Waals surface area (Å²) < 4.78 is 11.3. The highest BCUT2D eigenvalue weighted by atomic mass is 35.5. The lowest BCUT2D eigenvalue weighted by atomic mass is 9.94. The van der Waals surface area contributed by atoms with Crippen molar-refractivity contribution in [3.05, 3.63) is 70.4 Å². The normalized spacial score (nSPS) is 16.2. The van der Waals surface area contributed by atoms with Gasteiger partial charge in [-0.2, -0.15) is 0 Å². The second-order valence-corrected chi connectivity index (χ2v) is 8.04. The molecule has 2 amide bonds. The predicted molar refractivity (Wildman–Crippen MR) is 122 cm³/mol. The van der Waals surface area contributed by atoms with Gasteiger partial charge in [0.1, 0.15) is 12.4 Å². The van der Waals surface area contributed by atoms with Crippen molar-refractivity contribution in [3.63, 3.8) is 0 Å². The zero-order valence-corrected chi connectivity index (χ0v) is 19.3. The summed E-state index contributed by atoms with van der Waals surface area (Å²) in [4.78, 5) is 28.5. The van der Waals surface area contributed by atoms with Crippen molar-refractivity contribution in [2.45, 2.75) is 24.8 Å². The molecule has 0 spiro atoms. The fraction of sp³-hybridized carbons (Fsp3) is 0.304. The molecule has 3 rings (SSSR count). The molecule has 0 aromatic heterocycles. The Morgan fingerprint density at radius 3 is 2.55 bits per heavy atom. The van der Waals surface area contributed by atoms with Crippen LogP contribution in [0.25, 0.3) is 0 Å². The number of halogens is 1. The van der Waals surface area contributed by atoms with Crippen LogP contribution in [0.2, 0.25) is 5.02 Å². The lowest BCUT2D eigenvalue weighted by Gasteiger charge is -2.36. The van der Waals surface area contributed by atoms with Crippen LogP contribution in [0.1, 0.15) is 25.5 Å². The summed E-state index contributed by atoms with van der Waals surface area (Å²) in [6.45, 7) is 4.23. The average Bonchev–Trinajstić information content (AvgIpc) is 2.77. The Kier molecular flexibility index (Phi) is 7.87. The van der Waals surface area contributed by atoms with Crippen molar-refractivity contribution in [1.29, 1.82) is 0 Å². The van der Waals surface area contributed by atoms with Crippen LogP contribution in [-0.2, 0) is 9.53 Å². The molecular weight excluding hydrogens is 436 g/mol. The van der Waals surface area contributed by atoms with Crippen molar-refractivity contribution in [1.82, 2.24) is 10.2 Å². The minimum Gasteiger partial charge on any atom is -0.487 e. The first kappa shape index (κ1) is 23.0. The van der Waals surface area contributed by atoms with Gasteiger partial charge < -0.3 is 14.8 Å². The third-order valence-corrected chi connectivity index (χ3v) is 5.85. The third-order valence-electron chi connectivity index (χ3n) is 4.87. The molecule has 1 N–H and O–H groups in total. The van der Waals surface area contributed by atoms with Crippen molar-refractivity contribution in [2.75, 3.05) is 26.0 Å². The van der Waals surface area contributed by atoms with Gasteiger partial charge in [0.05, 0.1) is 23.9 Å². The molecular formula is C23H25ClN2O4S. The Balaban J connectivity index is 2.03. The number of hydrogen-bond donors (Lipinski definition) is 1. The van der Waals surface area contributed by atoms with Crippen LogP contribution in [0.5, 0.6) is 5.75 Å². The van der Waals surface area contributed by atoms with Gasteiger partial charge in [-0.15, -0.1) is 11.8 Å². The highest BCUT2D eigenvalue weighted by molar-refractivity contribution is 7.98. The van der Waals surface area contributed by atoms with Gasteiger partial charge in [-0.25, -0.2) is 9.59 Å². The van der Waals surface area contributed by atoms with E-state index < -0.39 is 12.0 Å². The number of rotatable bonds is 8. The van der Waals surface area contributed by atoms with Crippen LogP contribution in [-0.4, -0.2) is 42.9 Å². The predicted octanol–water partition coefficient (Wildman–Crippen LogP) is 5.04. The maximum Gasteiger partial charge on any atom is 0.338 e. The average molecular weight is 461 g/mol. The molecule has 0 radical (unpaired) electrons. The molecule has 0 aliphatic carbocycles. The lowest BCUT2D eigenvalue weighted by Crippen LogP contribution is -2.49. The first-order valence-corrected chi connectivity index (χ1v) is 11.6. The van der Waals surface area contributed by atoms with Gasteiger partial charge in [0.2, 0.25) is 0 Å². The molecule has 31 heavy (non-hydrogen) atoms. The zero-order chi connectivity index (χ0) is 22.4. The Labute approximate surface area is 191 Å². The molecule has 8 heteroatoms. The van der Waals surface area contributed by atoms with Crippen LogP contribution < -0.4 is 10.1 Å². The van der Waals surface area contributed by atoms with E-state index in [9.17, 15) is 9.59 Å². The summed E-state index contributed by atoms with van der Waals surface area (Å²) in [5, 5.41) is 3.42. The highest BCUT2D eigenvalue weighted by Gasteiger charge is 2.38. The van der Waals surface area contributed by atoms with E-state index >= 15 is 0 Å². The van der Waals surface area contributed by atoms with Crippen LogP contribution in [0.15, 0.2) is 64.7 Å². The molecule has 0 fully saturated rings. The number of thioether (sulfide) groups is 1. The Bertz CT molecular complexity index is 978. The molecule has 1 aliphatic heterocycles. The van der Waals surface area contributed by atoms with Crippen LogP contribution >= 0.6 is 23.4 Å². The van der Waals surface area contributed by atoms with Crippen molar-refractivity contribution < 1.29 is 19.1 Å². The molecule has 1 heterocycles. The summed E-state index contributed by atoms with van der Waals surface area (Å²) in [7, 11) is 0. The Morgan fingerprint density at radius 2 is 1.94 bits per heavy atom. The summed E-state index contributed by atoms with van der Waals surface area (Å²) in [5.74, 6) is 0.150. The first-order valence-electron chi connectivity index (χ1n) is 9.99. The largest absolute Gasteiger partial charge is 0.487 e. The molecule has 1 aliphatic rings. The maximum atomic E-state index is 13.0. The van der Waals surface area contributed by atoms with E-state index in [1.807, 2.05) is 43.5 Å². The van der Waals surface area contributed by atoms with Crippen LogP contribution in [0.3, 0.4) is 0 Å². The van der Waals surface area contributed by atoms with Crippen LogP contribution in [0, 0.1) is 0 Å². The monoisotopic (exact) mass is 460 g/mol. The van der Waals surface area contributed by atoms with Gasteiger partial charge >= 0.3 is 12.0 Å². The molecule has 0 bridgehead atoms. The molecule has 0 saturated carbocycles. The Morgan fingerprint density at radius 1 is 1.19 bits per heavy atom. The summed E-state index contributed by atoms with van der Waals surface area (Å²) in [6.07, 6.45) is 2.00. The van der Waals surface area contributed by atoms with E-state index in [-0.39, 0.29) is 19.2 Å². The number of likely N-dealkylation sites (N-methyl/N-ethyl adjacent to an activating group) is 1. The van der Waals surface area contributed by atoms with Gasteiger partial charge in [0.25, 0.3) is 0 Å². The van der Waals surface area contributed by atoms with E-state index in [1.54, 1.807) is 36.9 Å². The number of nitrogens with zero attached hydrogens (tertiary/aromatic N) is 1. The number of carbonyl (C=O) groups is 2. The molecule has 2 aromatic rings. The van der Waals surface area contributed by atoms with Crippen molar-refractivity contribution >= 4 is 35.4 Å².